The second-order valence-corrected chi connectivity index (χ2v) is 6.13. The Morgan fingerprint density at radius 1 is 1.18 bits per heavy atom. The van der Waals surface area contributed by atoms with Gasteiger partial charge in [-0.3, -0.25) is 0 Å². The van der Waals surface area contributed by atoms with Crippen molar-refractivity contribution in [1.29, 1.82) is 0 Å². The Morgan fingerprint density at radius 3 is 2.41 bits per heavy atom. The predicted molar refractivity (Wildman–Crippen MR) is 72.5 cm³/mol. The van der Waals surface area contributed by atoms with Crippen molar-refractivity contribution in [3.8, 4) is 0 Å². The fraction of sp³-hybridized carbons (Fsp3) is 1.00. The molecule has 0 aromatic heterocycles. The molecule has 1 saturated carbocycles. The van der Waals surface area contributed by atoms with E-state index in [9.17, 15) is 30.6 Å². The van der Waals surface area contributed by atoms with Crippen molar-refractivity contribution in [2.24, 2.45) is 5.73 Å². The predicted octanol–water partition coefficient (Wildman–Crippen LogP) is -3.60. The molecule has 2 rings (SSSR count). The Bertz CT molecular complexity index is 385. The fourth-order valence-corrected chi connectivity index (χ4v) is 2.96. The highest BCUT2D eigenvalue weighted by atomic mass is 16.7. The third kappa shape index (κ3) is 3.01. The highest BCUT2D eigenvalue weighted by Gasteiger charge is 2.53. The summed E-state index contributed by atoms with van der Waals surface area (Å²) in [6, 6.07) is -0.787. The van der Waals surface area contributed by atoms with Crippen LogP contribution in [-0.2, 0) is 9.47 Å². The van der Waals surface area contributed by atoms with E-state index in [1.807, 2.05) is 0 Å². The Morgan fingerprint density at radius 2 is 1.82 bits per heavy atom. The number of hydrogen-bond donors (Lipinski definition) is 7. The molecule has 9 heteroatoms. The Labute approximate surface area is 127 Å². The van der Waals surface area contributed by atoms with Crippen LogP contribution in [0.3, 0.4) is 0 Å². The molecule has 0 aromatic rings. The van der Waals surface area contributed by atoms with Crippen LogP contribution in [0.15, 0.2) is 0 Å². The molecule has 1 heterocycles. The van der Waals surface area contributed by atoms with E-state index in [0.717, 1.165) is 0 Å². The maximum Gasteiger partial charge on any atom is 0.186 e. The van der Waals surface area contributed by atoms with Crippen molar-refractivity contribution in [2.45, 2.75) is 74.3 Å². The van der Waals surface area contributed by atoms with E-state index >= 15 is 0 Å². The Hall–Kier alpha value is -0.360. The number of nitrogens with two attached hydrogens (primary N) is 1. The quantitative estimate of drug-likeness (QED) is 0.278. The molecular weight excluding hydrogens is 298 g/mol. The van der Waals surface area contributed by atoms with Crippen molar-refractivity contribution in [1.82, 2.24) is 0 Å². The zero-order valence-electron chi connectivity index (χ0n) is 12.3. The molecule has 0 radical (unpaired) electrons. The molecule has 2 fully saturated rings. The lowest BCUT2D eigenvalue weighted by Crippen LogP contribution is -2.66. The molecule has 0 bridgehead atoms. The van der Waals surface area contributed by atoms with Crippen molar-refractivity contribution in [2.75, 3.05) is 6.61 Å². The molecule has 0 aromatic carbocycles. The summed E-state index contributed by atoms with van der Waals surface area (Å²) in [5, 5.41) is 59.1. The second kappa shape index (κ2) is 6.63. The SMILES string of the molecule is C[C@H]1OC(OC2CCC(O)C(O)C2(O)CO)[C@H](O)[C@@H](O)[C@@H]1N. The van der Waals surface area contributed by atoms with Gasteiger partial charge in [0.05, 0.1) is 31.0 Å². The molecule has 5 unspecified atom stereocenters. The minimum Gasteiger partial charge on any atom is -0.393 e. The van der Waals surface area contributed by atoms with Crippen LogP contribution in [0.25, 0.3) is 0 Å². The van der Waals surface area contributed by atoms with Crippen molar-refractivity contribution >= 4 is 0 Å². The lowest BCUT2D eigenvalue weighted by molar-refractivity contribution is -0.320. The maximum atomic E-state index is 10.4. The van der Waals surface area contributed by atoms with E-state index in [2.05, 4.69) is 0 Å². The summed E-state index contributed by atoms with van der Waals surface area (Å²) in [5.41, 5.74) is 3.59. The maximum absolute atomic E-state index is 10.4. The third-order valence-electron chi connectivity index (χ3n) is 4.62. The first-order chi connectivity index (χ1) is 10.2. The zero-order chi connectivity index (χ0) is 16.7. The van der Waals surface area contributed by atoms with E-state index in [1.165, 1.54) is 0 Å². The molecule has 0 amide bonds. The number of rotatable bonds is 3. The number of aliphatic hydroxyl groups excluding tert-OH is 5. The van der Waals surface area contributed by atoms with Gasteiger partial charge in [0, 0.05) is 0 Å². The third-order valence-corrected chi connectivity index (χ3v) is 4.62. The van der Waals surface area contributed by atoms with Gasteiger partial charge in [0.2, 0.25) is 0 Å². The summed E-state index contributed by atoms with van der Waals surface area (Å²) < 4.78 is 10.9. The smallest absolute Gasteiger partial charge is 0.186 e. The molecule has 1 aliphatic carbocycles. The van der Waals surface area contributed by atoms with Crippen LogP contribution in [0.4, 0.5) is 0 Å². The van der Waals surface area contributed by atoms with Crippen LogP contribution < -0.4 is 5.73 Å². The Balaban J connectivity index is 2.11. The molecule has 1 aliphatic heterocycles. The fourth-order valence-electron chi connectivity index (χ4n) is 2.96. The minimum atomic E-state index is -2.09. The van der Waals surface area contributed by atoms with Crippen molar-refractivity contribution in [3.05, 3.63) is 0 Å². The first-order valence-electron chi connectivity index (χ1n) is 7.34. The van der Waals surface area contributed by atoms with E-state index in [-0.39, 0.29) is 12.8 Å². The largest absolute Gasteiger partial charge is 0.393 e. The van der Waals surface area contributed by atoms with Crippen LogP contribution in [-0.4, -0.2) is 91.8 Å². The minimum absolute atomic E-state index is 0.137. The second-order valence-electron chi connectivity index (χ2n) is 6.13. The average molecular weight is 323 g/mol. The summed E-state index contributed by atoms with van der Waals surface area (Å²) in [6.07, 6.45) is -8.14. The number of ether oxygens (including phenoxy) is 2. The van der Waals surface area contributed by atoms with Gasteiger partial charge in [0.1, 0.15) is 23.9 Å². The highest BCUT2D eigenvalue weighted by molar-refractivity contribution is 5.02. The first-order valence-corrected chi connectivity index (χ1v) is 7.34. The van der Waals surface area contributed by atoms with Gasteiger partial charge in [-0.05, 0) is 19.8 Å². The topological polar surface area (TPSA) is 166 Å². The molecule has 0 spiro atoms. The van der Waals surface area contributed by atoms with Crippen LogP contribution in [0.5, 0.6) is 0 Å². The van der Waals surface area contributed by atoms with E-state index in [4.69, 9.17) is 15.2 Å². The van der Waals surface area contributed by atoms with Gasteiger partial charge < -0.3 is 45.8 Å². The van der Waals surface area contributed by atoms with E-state index < -0.39 is 61.2 Å². The molecule has 22 heavy (non-hydrogen) atoms. The number of aliphatic hydroxyl groups is 6. The van der Waals surface area contributed by atoms with Crippen LogP contribution in [0, 0.1) is 0 Å². The van der Waals surface area contributed by atoms with Crippen molar-refractivity contribution in [3.63, 3.8) is 0 Å². The average Bonchev–Trinajstić information content (AvgIpc) is 2.50. The van der Waals surface area contributed by atoms with Gasteiger partial charge >= 0.3 is 0 Å². The number of hydrogen-bond acceptors (Lipinski definition) is 9. The van der Waals surface area contributed by atoms with E-state index in [1.54, 1.807) is 6.92 Å². The van der Waals surface area contributed by atoms with Crippen molar-refractivity contribution < 1.29 is 40.1 Å². The molecular formula is C13H25NO8. The summed E-state index contributed by atoms with van der Waals surface area (Å²) in [6.45, 7) is 0.768. The summed E-state index contributed by atoms with van der Waals surface area (Å²) >= 11 is 0. The van der Waals surface area contributed by atoms with Gasteiger partial charge in [0.25, 0.3) is 0 Å². The molecule has 2 aliphatic rings. The summed E-state index contributed by atoms with van der Waals surface area (Å²) in [4.78, 5) is 0. The monoisotopic (exact) mass is 323 g/mol. The summed E-state index contributed by atoms with van der Waals surface area (Å²) in [5.74, 6) is 0. The molecule has 1 saturated heterocycles. The normalized spacial score (nSPS) is 53.5. The van der Waals surface area contributed by atoms with Crippen LogP contribution in [0.1, 0.15) is 19.8 Å². The summed E-state index contributed by atoms with van der Waals surface area (Å²) in [7, 11) is 0. The molecule has 8 N–H and O–H groups in total. The highest BCUT2D eigenvalue weighted by Crippen LogP contribution is 2.34. The van der Waals surface area contributed by atoms with Crippen LogP contribution >= 0.6 is 0 Å². The van der Waals surface area contributed by atoms with Gasteiger partial charge in [0.15, 0.2) is 6.29 Å². The van der Waals surface area contributed by atoms with Gasteiger partial charge in [-0.25, -0.2) is 0 Å². The zero-order valence-corrected chi connectivity index (χ0v) is 12.3. The van der Waals surface area contributed by atoms with Crippen LogP contribution in [0.2, 0.25) is 0 Å². The van der Waals surface area contributed by atoms with E-state index in [0.29, 0.717) is 0 Å². The lowest BCUT2D eigenvalue weighted by Gasteiger charge is -2.47. The first kappa shape index (κ1) is 18.0. The standard InChI is InChI=1S/C13H25NO8/c1-5-8(14)9(17)10(18)12(21-5)22-7-3-2-6(16)11(19)13(7,20)4-15/h5-12,15-20H,2-4,14H2,1H3/t5-,6?,7?,8-,9+,10-,11?,12?,13?/m1/s1. The Kier molecular flexibility index (Phi) is 5.42. The van der Waals surface area contributed by atoms with Gasteiger partial charge in [-0.1, -0.05) is 0 Å². The van der Waals surface area contributed by atoms with Gasteiger partial charge in [-0.2, -0.15) is 0 Å². The molecule has 9 nitrogen and oxygen atoms in total. The van der Waals surface area contributed by atoms with Gasteiger partial charge in [-0.15, -0.1) is 0 Å². The molecule has 130 valence electrons. The molecule has 9 atom stereocenters. The lowest BCUT2D eigenvalue weighted by atomic mass is 9.78.